The first-order valence-corrected chi connectivity index (χ1v) is 27.3. The summed E-state index contributed by atoms with van der Waals surface area (Å²) < 4.78 is 9.95. The summed E-state index contributed by atoms with van der Waals surface area (Å²) in [5, 5.41) is 46.8. The molecule has 2 heterocycles. The van der Waals surface area contributed by atoms with E-state index >= 15 is 0 Å². The maximum atomic E-state index is 13.0. The molecule has 4 aromatic rings. The Hall–Kier alpha value is -9.80. The second-order valence-electron chi connectivity index (χ2n) is 17.0. The number of aliphatic carboxylic acids is 3. The van der Waals surface area contributed by atoms with Crippen molar-refractivity contribution >= 4 is 116 Å². The quantitative estimate of drug-likeness (QED) is 0.0129. The maximum absolute atomic E-state index is 13.0. The van der Waals surface area contributed by atoms with E-state index in [9.17, 15) is 72.5 Å². The molecule has 0 bridgehead atoms. The third kappa shape index (κ3) is 25.9. The van der Waals surface area contributed by atoms with Gasteiger partial charge in [0, 0.05) is 60.7 Å². The molecule has 0 saturated carbocycles. The van der Waals surface area contributed by atoms with Gasteiger partial charge in [0.25, 0.3) is 17.4 Å². The zero-order valence-corrected chi connectivity index (χ0v) is 45.5. The number of nitrogens with two attached hydrogens (primary N) is 1. The molecule has 33 nitrogen and oxygen atoms in total. The average Bonchev–Trinajstić information content (AvgIpc) is 3.55. The summed E-state index contributed by atoms with van der Waals surface area (Å²) >= 11 is 0. The van der Waals surface area contributed by atoms with Crippen molar-refractivity contribution in [2.24, 2.45) is 0 Å². The molecule has 0 aliphatic rings. The highest BCUT2D eigenvalue weighted by Gasteiger charge is 2.26. The largest absolute Gasteiger partial charge is 0.482 e. The number of aromatic amines is 1. The SMILES string of the molecule is Nc1nc2ncc(CNc3ccc(C(=O)NCCCC(=O)NCC(=O)NC(CCC(=O)O)C(=O)NCC(=O)NC(CCC(=O)O)C(=O)NCC(=O)NCCSSCCOC(=O)NNC(=O)c4ccc(OCC(=O)O)cc4)cc3)nc2c(=O)[nH]1. The molecule has 0 fully saturated rings. The molecule has 446 valence electrons. The molecule has 2 aromatic heterocycles. The number of nitrogens with zero attached hydrogens (tertiary/aromatic N) is 3. The molecule has 83 heavy (non-hydrogen) atoms. The normalized spacial score (nSPS) is 11.3. The topological polar surface area (TPSA) is 502 Å². The number of nitrogens with one attached hydrogen (secondary N) is 11. The number of carbonyl (C=O) groups is 12. The zero-order chi connectivity index (χ0) is 60.7. The molecule has 0 spiro atoms. The first kappa shape index (κ1) is 65.7. The minimum atomic E-state index is -1.50. The molecular weight excluding hydrogens is 1140 g/mol. The van der Waals surface area contributed by atoms with Gasteiger partial charge in [0.2, 0.25) is 41.4 Å². The highest BCUT2D eigenvalue weighted by atomic mass is 33.1. The number of carbonyl (C=O) groups excluding carboxylic acids is 9. The van der Waals surface area contributed by atoms with E-state index in [0.717, 1.165) is 0 Å². The van der Waals surface area contributed by atoms with E-state index in [1.165, 1.54) is 52.1 Å². The Morgan fingerprint density at radius 1 is 0.627 bits per heavy atom. The number of nitrogen functional groups attached to an aromatic ring is 1. The molecule has 4 rings (SSSR count). The van der Waals surface area contributed by atoms with Crippen LogP contribution in [0.5, 0.6) is 5.75 Å². The van der Waals surface area contributed by atoms with E-state index in [0.29, 0.717) is 28.5 Å². The predicted molar refractivity (Wildman–Crippen MR) is 294 cm³/mol. The third-order valence-corrected chi connectivity index (χ3v) is 13.0. The number of ether oxygens (including phenoxy) is 2. The Balaban J connectivity index is 1.08. The van der Waals surface area contributed by atoms with E-state index in [4.69, 9.17) is 20.3 Å². The van der Waals surface area contributed by atoms with Crippen LogP contribution >= 0.6 is 21.6 Å². The minimum absolute atomic E-state index is 0.0273. The number of hydrogen-bond donors (Lipinski definition) is 15. The van der Waals surface area contributed by atoms with Gasteiger partial charge in [0.15, 0.2) is 17.8 Å². The van der Waals surface area contributed by atoms with Gasteiger partial charge in [-0.3, -0.25) is 63.1 Å². The fourth-order valence-corrected chi connectivity index (χ4v) is 8.33. The van der Waals surface area contributed by atoms with Gasteiger partial charge >= 0.3 is 24.0 Å². The van der Waals surface area contributed by atoms with Gasteiger partial charge in [-0.1, -0.05) is 21.6 Å². The lowest BCUT2D eigenvalue weighted by atomic mass is 10.1. The third-order valence-electron chi connectivity index (χ3n) is 10.6. The van der Waals surface area contributed by atoms with Crippen LogP contribution in [-0.4, -0.2) is 176 Å². The van der Waals surface area contributed by atoms with Gasteiger partial charge in [-0.25, -0.2) is 25.0 Å². The van der Waals surface area contributed by atoms with Crippen LogP contribution in [0.4, 0.5) is 16.4 Å². The summed E-state index contributed by atoms with van der Waals surface area (Å²) in [6, 6.07) is 8.91. The molecule has 16 N–H and O–H groups in total. The molecule has 0 aliphatic carbocycles. The van der Waals surface area contributed by atoms with Crippen LogP contribution in [0, 0.1) is 0 Å². The Kier molecular flexibility index (Phi) is 27.7. The molecule has 0 radical (unpaired) electrons. The van der Waals surface area contributed by atoms with Crippen LogP contribution in [-0.2, 0) is 54.4 Å². The number of carboxylic acids is 3. The maximum Gasteiger partial charge on any atom is 0.426 e. The molecule has 2 aromatic carbocycles. The first-order valence-electron chi connectivity index (χ1n) is 24.8. The van der Waals surface area contributed by atoms with E-state index in [1.807, 2.05) is 0 Å². The summed E-state index contributed by atoms with van der Waals surface area (Å²) in [5.41, 5.74) is 10.9. The minimum Gasteiger partial charge on any atom is -0.482 e. The summed E-state index contributed by atoms with van der Waals surface area (Å²) in [5.74, 6) is -9.07. The van der Waals surface area contributed by atoms with Crippen LogP contribution in [0.15, 0.2) is 59.5 Å². The first-order chi connectivity index (χ1) is 39.6. The van der Waals surface area contributed by atoms with Gasteiger partial charge in [0.05, 0.1) is 38.1 Å². The standard InChI is InChI=1S/C48H59N15O18S2/c49-47-60-41-40(46(78)61-47)57-29(21-54-41)20-52-28-7-3-26(4-8-28)42(74)51-15-1-2-33(64)53-23-35(66)58-32(12-14-38(70)71)45(77)56-24-36(67)59-31(11-13-37(68)69)44(76)55-22-34(65)50-16-18-82-83-19-17-80-48(79)63-62-43(75)27-5-9-30(10-6-27)81-25-39(72)73/h3-10,21,31-32,52H,1-2,11-20,22-25H2,(H,50,65)(H,51,74)(H,53,64)(H,55,76)(H,56,77)(H,58,66)(H,59,67)(H,62,75)(H,63,79)(H,68,69)(H,70,71)(H,72,73)(H3,49,54,60,61,78). The predicted octanol–water partition coefficient (Wildman–Crippen LogP) is -2.50. The summed E-state index contributed by atoms with van der Waals surface area (Å²) in [6.07, 6.45) is -1.46. The highest BCUT2D eigenvalue weighted by molar-refractivity contribution is 8.76. The summed E-state index contributed by atoms with van der Waals surface area (Å²) in [7, 11) is 2.61. The number of H-pyrrole nitrogens is 1. The van der Waals surface area contributed by atoms with Gasteiger partial charge < -0.3 is 73.1 Å². The van der Waals surface area contributed by atoms with Gasteiger partial charge in [-0.2, -0.15) is 4.98 Å². The molecule has 2 unspecified atom stereocenters. The average molecular weight is 1200 g/mol. The number of rotatable bonds is 35. The van der Waals surface area contributed by atoms with E-state index in [1.54, 1.807) is 24.3 Å². The molecule has 0 saturated heterocycles. The molecule has 35 heteroatoms. The lowest BCUT2D eigenvalue weighted by molar-refractivity contribution is -0.140. The lowest BCUT2D eigenvalue weighted by Gasteiger charge is -2.20. The zero-order valence-electron chi connectivity index (χ0n) is 43.9. The van der Waals surface area contributed by atoms with Crippen molar-refractivity contribution in [1.29, 1.82) is 0 Å². The van der Waals surface area contributed by atoms with Crippen LogP contribution < -0.4 is 69.4 Å². The Labute approximate surface area is 477 Å². The van der Waals surface area contributed by atoms with E-state index < -0.39 is 141 Å². The van der Waals surface area contributed by atoms with Crippen molar-refractivity contribution in [3.8, 4) is 5.75 Å². The second kappa shape index (κ2) is 35.0. The van der Waals surface area contributed by atoms with Crippen LogP contribution in [0.3, 0.4) is 0 Å². The van der Waals surface area contributed by atoms with Crippen molar-refractivity contribution in [2.45, 2.75) is 57.2 Å². The van der Waals surface area contributed by atoms with Crippen molar-refractivity contribution in [1.82, 2.24) is 68.0 Å². The fraction of sp³-hybridized carbons (Fsp3) is 0.375. The number of anilines is 2. The number of carboxylic acid groups (broad SMARTS) is 3. The number of amides is 9. The van der Waals surface area contributed by atoms with Crippen LogP contribution in [0.2, 0.25) is 0 Å². The number of hydrogen-bond acceptors (Lipinski definition) is 22. The summed E-state index contributed by atoms with van der Waals surface area (Å²) in [4.78, 5) is 173. The monoisotopic (exact) mass is 1200 g/mol. The van der Waals surface area contributed by atoms with Gasteiger partial charge in [-0.05, 0) is 67.8 Å². The number of benzene rings is 2. The van der Waals surface area contributed by atoms with Crippen molar-refractivity contribution < 1.29 is 82.3 Å². The second-order valence-corrected chi connectivity index (χ2v) is 19.7. The van der Waals surface area contributed by atoms with Crippen molar-refractivity contribution in [3.63, 3.8) is 0 Å². The fourth-order valence-electron chi connectivity index (χ4n) is 6.60. The smallest absolute Gasteiger partial charge is 0.426 e. The van der Waals surface area contributed by atoms with Crippen LogP contribution in [0.25, 0.3) is 11.2 Å². The van der Waals surface area contributed by atoms with E-state index in [2.05, 4.69) is 73.3 Å². The molecule has 2 atom stereocenters. The lowest BCUT2D eigenvalue weighted by Crippen LogP contribution is -2.53. The number of fused-ring (bicyclic) bond motifs is 1. The molecular formula is C48H59N15O18S2. The Bertz CT molecular complexity index is 3030. The Morgan fingerprint density at radius 3 is 1.84 bits per heavy atom. The van der Waals surface area contributed by atoms with Gasteiger partial charge in [0.1, 0.15) is 24.4 Å². The van der Waals surface area contributed by atoms with Crippen LogP contribution in [0.1, 0.15) is 64.9 Å². The molecule has 9 amide bonds. The van der Waals surface area contributed by atoms with Gasteiger partial charge in [-0.15, -0.1) is 0 Å². The molecule has 0 aliphatic heterocycles. The Morgan fingerprint density at radius 2 is 1.22 bits per heavy atom. The van der Waals surface area contributed by atoms with Crippen molar-refractivity contribution in [3.05, 3.63) is 81.9 Å². The number of aromatic nitrogens is 4. The summed E-state index contributed by atoms with van der Waals surface area (Å²) in [6.45, 7) is -2.16. The number of hydrazine groups is 1. The van der Waals surface area contributed by atoms with Crippen molar-refractivity contribution in [2.75, 3.05) is 68.5 Å². The van der Waals surface area contributed by atoms with E-state index in [-0.39, 0.29) is 67.5 Å². The highest BCUT2D eigenvalue weighted by Crippen LogP contribution is 2.20.